The number of carbonyl (C=O) groups is 6. The lowest BCUT2D eigenvalue weighted by Gasteiger charge is -2.01. The van der Waals surface area contributed by atoms with Gasteiger partial charge in [0, 0.05) is 6.42 Å². The van der Waals surface area contributed by atoms with Crippen molar-refractivity contribution in [2.75, 3.05) is 26.3 Å². The standard InChI is InChI=1S/C5H9NO4.2C3H7NO3.2C2H5NO2/c6-3(5(9)10)1-2-4(7)8;2*4-2(1-5)3(6)7;2*3-1-2(4)5/h3H,1-2,6H2,(H,7,8)(H,9,10);2*2,5H,1,4H2,(H,6,7);2*1,3H2,(H,4,5)/t3-;2*2-;;/m000../s1. The Morgan fingerprint density at radius 3 is 0.853 bits per heavy atom. The molecule has 0 aromatic heterocycles. The molecule has 0 aliphatic carbocycles. The van der Waals surface area contributed by atoms with Crippen LogP contribution in [0.3, 0.4) is 0 Å². The maximum atomic E-state index is 9.99. The van der Waals surface area contributed by atoms with Gasteiger partial charge in [-0.2, -0.15) is 0 Å². The van der Waals surface area contributed by atoms with Crippen LogP contribution in [0.25, 0.3) is 0 Å². The van der Waals surface area contributed by atoms with Crippen molar-refractivity contribution in [3.05, 3.63) is 0 Å². The van der Waals surface area contributed by atoms with Gasteiger partial charge < -0.3 is 69.5 Å². The summed E-state index contributed by atoms with van der Waals surface area (Å²) >= 11 is 0. The Kier molecular flexibility index (Phi) is 33.1. The third-order valence-corrected chi connectivity index (χ3v) is 2.36. The van der Waals surface area contributed by atoms with Gasteiger partial charge in [-0.3, -0.25) is 28.8 Å². The number of aliphatic carboxylic acids is 6. The predicted octanol–water partition coefficient (Wildman–Crippen LogP) is -5.90. The summed E-state index contributed by atoms with van der Waals surface area (Å²) < 4.78 is 0. The van der Waals surface area contributed by atoms with Crippen LogP contribution in [0.1, 0.15) is 12.8 Å². The van der Waals surface area contributed by atoms with E-state index < -0.39 is 67.2 Å². The van der Waals surface area contributed by atoms with E-state index in [0.717, 1.165) is 0 Å². The van der Waals surface area contributed by atoms with Crippen LogP contribution in [0.5, 0.6) is 0 Å². The van der Waals surface area contributed by atoms with Gasteiger partial charge >= 0.3 is 35.8 Å². The number of carboxylic acids is 6. The third kappa shape index (κ3) is 46.7. The van der Waals surface area contributed by atoms with Crippen LogP contribution in [0.15, 0.2) is 0 Å². The molecule has 0 aliphatic heterocycles. The van der Waals surface area contributed by atoms with Crippen molar-refractivity contribution >= 4 is 35.8 Å². The van der Waals surface area contributed by atoms with Crippen molar-refractivity contribution in [3.63, 3.8) is 0 Å². The second-order valence-electron chi connectivity index (χ2n) is 5.33. The molecule has 0 bridgehead atoms. The van der Waals surface area contributed by atoms with Gasteiger partial charge in [0.2, 0.25) is 0 Å². The SMILES string of the molecule is NCC(=O)O.NCC(=O)O.N[C@@H](CCC(=O)O)C(=O)O.N[C@@H](CO)C(=O)O.N[C@@H](CO)C(=O)O. The summed E-state index contributed by atoms with van der Waals surface area (Å²) in [5.74, 6) is -6.49. The molecule has 0 radical (unpaired) electrons. The van der Waals surface area contributed by atoms with Gasteiger partial charge in [-0.25, -0.2) is 0 Å². The first-order valence-electron chi connectivity index (χ1n) is 8.67. The number of hydrogen-bond acceptors (Lipinski definition) is 13. The minimum absolute atomic E-state index is 0.0231. The highest BCUT2D eigenvalue weighted by atomic mass is 16.4. The molecule has 0 saturated carbocycles. The highest BCUT2D eigenvalue weighted by Crippen LogP contribution is 1.93. The Labute approximate surface area is 192 Å². The van der Waals surface area contributed by atoms with Gasteiger partial charge in [0.15, 0.2) is 0 Å². The maximum Gasteiger partial charge on any atom is 0.322 e. The molecular formula is C15H33N5O14. The van der Waals surface area contributed by atoms with Gasteiger partial charge in [-0.05, 0) is 6.42 Å². The van der Waals surface area contributed by atoms with Crippen LogP contribution >= 0.6 is 0 Å². The van der Waals surface area contributed by atoms with Crippen molar-refractivity contribution in [1.29, 1.82) is 0 Å². The summed E-state index contributed by atoms with van der Waals surface area (Å²) in [5, 5.41) is 63.3. The topological polar surface area (TPSA) is 394 Å². The van der Waals surface area contributed by atoms with Gasteiger partial charge in [0.25, 0.3) is 0 Å². The maximum absolute atomic E-state index is 9.99. The molecule has 0 rings (SSSR count). The molecule has 0 aliphatic rings. The number of nitrogens with two attached hydrogens (primary N) is 5. The summed E-state index contributed by atoms with van der Waals surface area (Å²) in [6.07, 6.45) is -0.224. The van der Waals surface area contributed by atoms with E-state index in [9.17, 15) is 28.8 Å². The van der Waals surface area contributed by atoms with E-state index in [4.69, 9.17) is 58.1 Å². The van der Waals surface area contributed by atoms with Crippen molar-refractivity contribution in [2.45, 2.75) is 31.0 Å². The van der Waals surface area contributed by atoms with Crippen LogP contribution in [-0.4, -0.2) is 121 Å². The van der Waals surface area contributed by atoms with Gasteiger partial charge in [-0.1, -0.05) is 0 Å². The average Bonchev–Trinajstić information content (AvgIpc) is 2.77. The van der Waals surface area contributed by atoms with Crippen LogP contribution in [0, 0.1) is 0 Å². The van der Waals surface area contributed by atoms with E-state index in [1.807, 2.05) is 0 Å². The van der Waals surface area contributed by atoms with E-state index in [1.165, 1.54) is 0 Å². The Bertz CT molecular complexity index is 570. The van der Waals surface area contributed by atoms with Gasteiger partial charge in [0.1, 0.15) is 18.1 Å². The quantitative estimate of drug-likeness (QED) is 0.131. The Hall–Kier alpha value is -3.46. The zero-order valence-electron chi connectivity index (χ0n) is 17.9. The highest BCUT2D eigenvalue weighted by molar-refractivity contribution is 5.75. The summed E-state index contributed by atoms with van der Waals surface area (Å²) in [6.45, 7) is -1.56. The normalized spacial score (nSPS) is 11.4. The lowest BCUT2D eigenvalue weighted by molar-refractivity contribution is -0.141. The molecular weight excluding hydrogens is 474 g/mol. The lowest BCUT2D eigenvalue weighted by atomic mass is 10.2. The van der Waals surface area contributed by atoms with E-state index in [0.29, 0.717) is 0 Å². The zero-order valence-corrected chi connectivity index (χ0v) is 17.9. The fourth-order valence-electron chi connectivity index (χ4n) is 0.559. The predicted molar refractivity (Wildman–Crippen MR) is 111 cm³/mol. The molecule has 0 heterocycles. The lowest BCUT2D eigenvalue weighted by Crippen LogP contribution is -2.33. The molecule has 3 atom stereocenters. The second-order valence-corrected chi connectivity index (χ2v) is 5.33. The molecule has 0 unspecified atom stereocenters. The summed E-state index contributed by atoms with van der Waals surface area (Å²) in [4.78, 5) is 57.6. The molecule has 0 spiro atoms. The number of rotatable bonds is 10. The van der Waals surface area contributed by atoms with E-state index in [-0.39, 0.29) is 25.9 Å². The van der Waals surface area contributed by atoms with E-state index in [1.54, 1.807) is 0 Å². The summed E-state index contributed by atoms with van der Waals surface area (Å²) in [5.41, 5.74) is 23.7. The van der Waals surface area contributed by atoms with E-state index >= 15 is 0 Å². The van der Waals surface area contributed by atoms with Crippen molar-refractivity contribution in [3.8, 4) is 0 Å². The Balaban J connectivity index is -0.000000106. The monoisotopic (exact) mass is 507 g/mol. The van der Waals surface area contributed by atoms with Gasteiger partial charge in [0.05, 0.1) is 26.3 Å². The minimum atomic E-state index is -1.18. The number of hydrogen-bond donors (Lipinski definition) is 13. The molecule has 34 heavy (non-hydrogen) atoms. The smallest absolute Gasteiger partial charge is 0.322 e. The first kappa shape index (κ1) is 40.9. The minimum Gasteiger partial charge on any atom is -0.481 e. The number of carboxylic acid groups (broad SMARTS) is 6. The van der Waals surface area contributed by atoms with Crippen LogP contribution < -0.4 is 28.7 Å². The summed E-state index contributed by atoms with van der Waals surface area (Å²) in [7, 11) is 0. The fraction of sp³-hybridized carbons (Fsp3) is 0.600. The molecule has 0 aromatic carbocycles. The molecule has 0 amide bonds. The molecule has 202 valence electrons. The molecule has 19 heteroatoms. The van der Waals surface area contributed by atoms with Crippen molar-refractivity contribution < 1.29 is 69.6 Å². The number of aliphatic hydroxyl groups is 2. The molecule has 0 fully saturated rings. The summed E-state index contributed by atoms with van der Waals surface area (Å²) in [6, 6.07) is -3.31. The first-order valence-corrected chi connectivity index (χ1v) is 8.67. The van der Waals surface area contributed by atoms with Gasteiger partial charge in [-0.15, -0.1) is 0 Å². The highest BCUT2D eigenvalue weighted by Gasteiger charge is 2.12. The Morgan fingerprint density at radius 2 is 0.765 bits per heavy atom. The first-order chi connectivity index (χ1) is 15.4. The third-order valence-electron chi connectivity index (χ3n) is 2.36. The van der Waals surface area contributed by atoms with Crippen molar-refractivity contribution in [2.24, 2.45) is 28.7 Å². The molecule has 0 aromatic rings. The van der Waals surface area contributed by atoms with Crippen LogP contribution in [-0.2, 0) is 28.8 Å². The second kappa shape index (κ2) is 27.6. The van der Waals surface area contributed by atoms with Crippen LogP contribution in [0.2, 0.25) is 0 Å². The number of aliphatic hydroxyl groups excluding tert-OH is 2. The van der Waals surface area contributed by atoms with Crippen molar-refractivity contribution in [1.82, 2.24) is 0 Å². The molecule has 18 N–H and O–H groups in total. The average molecular weight is 507 g/mol. The van der Waals surface area contributed by atoms with Crippen LogP contribution in [0.4, 0.5) is 0 Å². The molecule has 19 nitrogen and oxygen atoms in total. The largest absolute Gasteiger partial charge is 0.481 e. The zero-order chi connectivity index (χ0) is 28.4. The Morgan fingerprint density at radius 1 is 0.529 bits per heavy atom. The van der Waals surface area contributed by atoms with E-state index in [2.05, 4.69) is 11.5 Å². The molecule has 0 saturated heterocycles. The fourth-order valence-corrected chi connectivity index (χ4v) is 0.559.